The number of rotatable bonds is 6. The summed E-state index contributed by atoms with van der Waals surface area (Å²) in [5.74, 6) is 0. The summed E-state index contributed by atoms with van der Waals surface area (Å²) in [4.78, 5) is 1.94. The summed E-state index contributed by atoms with van der Waals surface area (Å²) < 4.78 is 26.6. The maximum atomic E-state index is 12.1. The van der Waals surface area contributed by atoms with Crippen molar-refractivity contribution in [3.05, 3.63) is 23.8 Å². The Hall–Kier alpha value is -1.62. The number of nitrogens with one attached hydrogen (secondary N) is 1. The molecule has 0 aliphatic rings. The Morgan fingerprint density at radius 2 is 2.11 bits per heavy atom. The number of nitrogens with zero attached hydrogens (tertiary/aromatic N) is 2. The zero-order valence-corrected chi connectivity index (χ0v) is 11.9. The van der Waals surface area contributed by atoms with Crippen LogP contribution >= 0.6 is 0 Å². The lowest BCUT2D eigenvalue weighted by atomic mass is 10.2. The summed E-state index contributed by atoms with van der Waals surface area (Å²) in [6.45, 7) is 1.12. The minimum Gasteiger partial charge on any atom is -0.399 e. The minimum atomic E-state index is -3.66. The van der Waals surface area contributed by atoms with Crippen LogP contribution in [0.3, 0.4) is 0 Å². The highest BCUT2D eigenvalue weighted by atomic mass is 32.2. The van der Waals surface area contributed by atoms with Gasteiger partial charge in [-0.25, -0.2) is 13.1 Å². The molecule has 0 unspecified atom stereocenters. The van der Waals surface area contributed by atoms with E-state index in [1.165, 1.54) is 18.2 Å². The molecule has 6 nitrogen and oxygen atoms in total. The van der Waals surface area contributed by atoms with Crippen LogP contribution in [0.2, 0.25) is 0 Å². The highest BCUT2D eigenvalue weighted by molar-refractivity contribution is 7.89. The largest absolute Gasteiger partial charge is 0.399 e. The average Bonchev–Trinajstić information content (AvgIpc) is 2.34. The summed E-state index contributed by atoms with van der Waals surface area (Å²) in [6.07, 6.45) is 0.698. The first-order valence-electron chi connectivity index (χ1n) is 5.81. The van der Waals surface area contributed by atoms with Crippen molar-refractivity contribution in [1.29, 1.82) is 5.26 Å². The van der Waals surface area contributed by atoms with E-state index in [9.17, 15) is 8.42 Å². The van der Waals surface area contributed by atoms with Crippen LogP contribution in [0.1, 0.15) is 12.0 Å². The van der Waals surface area contributed by atoms with E-state index in [1.54, 1.807) is 0 Å². The van der Waals surface area contributed by atoms with Gasteiger partial charge in [-0.1, -0.05) is 0 Å². The SMILES string of the molecule is CN(C)CCCNS(=O)(=O)c1ccc(N)cc1C#N. The third-order valence-corrected chi connectivity index (χ3v) is 4.01. The van der Waals surface area contributed by atoms with Crippen molar-refractivity contribution in [2.24, 2.45) is 0 Å². The predicted octanol–water partition coefficient (Wildman–Crippen LogP) is 0.370. The molecule has 0 aliphatic heterocycles. The molecule has 104 valence electrons. The fourth-order valence-corrected chi connectivity index (χ4v) is 2.76. The molecule has 0 amide bonds. The smallest absolute Gasteiger partial charge is 0.241 e. The quantitative estimate of drug-likeness (QED) is 0.580. The lowest BCUT2D eigenvalue weighted by Gasteiger charge is -2.11. The minimum absolute atomic E-state index is 0.0333. The Labute approximate surface area is 113 Å². The number of nitrogen functional groups attached to an aromatic ring is 1. The Morgan fingerprint density at radius 3 is 2.68 bits per heavy atom. The van der Waals surface area contributed by atoms with Gasteiger partial charge in [0.2, 0.25) is 10.0 Å². The molecular weight excluding hydrogens is 264 g/mol. The van der Waals surface area contributed by atoms with Gasteiger partial charge in [0.15, 0.2) is 0 Å². The Balaban J connectivity index is 2.81. The maximum absolute atomic E-state index is 12.1. The zero-order valence-electron chi connectivity index (χ0n) is 11.0. The van der Waals surface area contributed by atoms with Crippen LogP contribution in [0, 0.1) is 11.3 Å². The van der Waals surface area contributed by atoms with E-state index < -0.39 is 10.0 Å². The molecule has 1 rings (SSSR count). The van der Waals surface area contributed by atoms with Crippen molar-refractivity contribution in [3.8, 4) is 6.07 Å². The lowest BCUT2D eigenvalue weighted by Crippen LogP contribution is -2.27. The Bertz CT molecular complexity index is 576. The van der Waals surface area contributed by atoms with E-state index in [0.717, 1.165) is 6.54 Å². The van der Waals surface area contributed by atoms with Crippen LogP contribution in [0.4, 0.5) is 5.69 Å². The molecule has 0 atom stereocenters. The van der Waals surface area contributed by atoms with Gasteiger partial charge >= 0.3 is 0 Å². The predicted molar refractivity (Wildman–Crippen MR) is 73.9 cm³/mol. The summed E-state index contributed by atoms with van der Waals surface area (Å²) in [5, 5.41) is 8.95. The lowest BCUT2D eigenvalue weighted by molar-refractivity contribution is 0.400. The Morgan fingerprint density at radius 1 is 1.42 bits per heavy atom. The van der Waals surface area contributed by atoms with Crippen molar-refractivity contribution in [2.45, 2.75) is 11.3 Å². The molecule has 1 aromatic rings. The van der Waals surface area contributed by atoms with Gasteiger partial charge in [-0.05, 0) is 45.3 Å². The number of sulfonamides is 1. The highest BCUT2D eigenvalue weighted by Crippen LogP contribution is 2.17. The van der Waals surface area contributed by atoms with E-state index in [2.05, 4.69) is 4.72 Å². The van der Waals surface area contributed by atoms with Gasteiger partial charge in [0.1, 0.15) is 6.07 Å². The second-order valence-corrected chi connectivity index (χ2v) is 6.16. The molecule has 0 aromatic heterocycles. The molecule has 0 aliphatic carbocycles. The van der Waals surface area contributed by atoms with E-state index in [4.69, 9.17) is 11.0 Å². The Kier molecular flexibility index (Phi) is 5.30. The topological polar surface area (TPSA) is 99.2 Å². The molecular formula is C12H18N4O2S. The van der Waals surface area contributed by atoms with Gasteiger partial charge in [-0.15, -0.1) is 0 Å². The standard InChI is InChI=1S/C12H18N4O2S/c1-16(2)7-3-6-15-19(17,18)12-5-4-11(14)8-10(12)9-13/h4-5,8,15H,3,6-7,14H2,1-2H3. The van der Waals surface area contributed by atoms with Gasteiger partial charge in [0.05, 0.1) is 10.5 Å². The van der Waals surface area contributed by atoms with Crippen molar-refractivity contribution >= 4 is 15.7 Å². The van der Waals surface area contributed by atoms with Crippen LogP contribution in [0.25, 0.3) is 0 Å². The van der Waals surface area contributed by atoms with Crippen molar-refractivity contribution < 1.29 is 8.42 Å². The van der Waals surface area contributed by atoms with Crippen LogP contribution in [0.15, 0.2) is 23.1 Å². The number of hydrogen-bond acceptors (Lipinski definition) is 5. The second-order valence-electron chi connectivity index (χ2n) is 4.42. The average molecular weight is 282 g/mol. The molecule has 0 fully saturated rings. The first-order chi connectivity index (χ1) is 8.86. The second kappa shape index (κ2) is 6.52. The molecule has 1 aromatic carbocycles. The molecule has 0 bridgehead atoms. The summed E-state index contributed by atoms with van der Waals surface area (Å²) in [6, 6.07) is 6.02. The maximum Gasteiger partial charge on any atom is 0.241 e. The number of anilines is 1. The van der Waals surface area contributed by atoms with E-state index in [0.29, 0.717) is 18.7 Å². The molecule has 0 heterocycles. The van der Waals surface area contributed by atoms with Crippen LogP contribution in [-0.4, -0.2) is 40.5 Å². The van der Waals surface area contributed by atoms with Crippen LogP contribution < -0.4 is 10.5 Å². The fraction of sp³-hybridized carbons (Fsp3) is 0.417. The van der Waals surface area contributed by atoms with Gasteiger partial charge in [0, 0.05) is 12.2 Å². The zero-order chi connectivity index (χ0) is 14.5. The number of benzene rings is 1. The normalized spacial score (nSPS) is 11.5. The number of nitriles is 1. The summed E-state index contributed by atoms with van der Waals surface area (Å²) in [5.41, 5.74) is 5.95. The number of hydrogen-bond donors (Lipinski definition) is 2. The third-order valence-electron chi connectivity index (χ3n) is 2.49. The van der Waals surface area contributed by atoms with Crippen molar-refractivity contribution in [1.82, 2.24) is 9.62 Å². The van der Waals surface area contributed by atoms with Crippen molar-refractivity contribution in [3.63, 3.8) is 0 Å². The molecule has 3 N–H and O–H groups in total. The fourth-order valence-electron chi connectivity index (χ4n) is 1.55. The van der Waals surface area contributed by atoms with Crippen LogP contribution in [0.5, 0.6) is 0 Å². The molecule has 19 heavy (non-hydrogen) atoms. The molecule has 0 saturated carbocycles. The van der Waals surface area contributed by atoms with E-state index in [-0.39, 0.29) is 10.5 Å². The van der Waals surface area contributed by atoms with Gasteiger partial charge in [0.25, 0.3) is 0 Å². The molecule has 7 heteroatoms. The third kappa shape index (κ3) is 4.52. The van der Waals surface area contributed by atoms with E-state index >= 15 is 0 Å². The van der Waals surface area contributed by atoms with E-state index in [1.807, 2.05) is 25.1 Å². The summed E-state index contributed by atoms with van der Waals surface area (Å²) >= 11 is 0. The molecule has 0 saturated heterocycles. The molecule has 0 spiro atoms. The monoisotopic (exact) mass is 282 g/mol. The van der Waals surface area contributed by atoms with Gasteiger partial charge in [-0.3, -0.25) is 0 Å². The summed E-state index contributed by atoms with van der Waals surface area (Å²) in [7, 11) is 0.174. The van der Waals surface area contributed by atoms with Gasteiger partial charge in [-0.2, -0.15) is 5.26 Å². The van der Waals surface area contributed by atoms with Crippen molar-refractivity contribution in [2.75, 3.05) is 32.9 Å². The van der Waals surface area contributed by atoms with Crippen LogP contribution in [-0.2, 0) is 10.0 Å². The highest BCUT2D eigenvalue weighted by Gasteiger charge is 2.18. The number of nitrogens with two attached hydrogens (primary N) is 1. The first kappa shape index (κ1) is 15.4. The molecule has 0 radical (unpaired) electrons. The van der Waals surface area contributed by atoms with Gasteiger partial charge < -0.3 is 10.6 Å². The first-order valence-corrected chi connectivity index (χ1v) is 7.29.